The zero-order valence-corrected chi connectivity index (χ0v) is 13.6. The molecule has 0 saturated carbocycles. The first-order valence-corrected chi connectivity index (χ1v) is 7.35. The number of nitrogens with zero attached hydrogens (tertiary/aromatic N) is 1. The van der Waals surface area contributed by atoms with E-state index in [1.54, 1.807) is 12.1 Å². The van der Waals surface area contributed by atoms with Crippen molar-refractivity contribution >= 4 is 40.5 Å². The maximum atomic E-state index is 11.9. The van der Waals surface area contributed by atoms with Crippen LogP contribution in [-0.4, -0.2) is 30.4 Å². The van der Waals surface area contributed by atoms with Crippen LogP contribution in [0.25, 0.3) is 0 Å². The monoisotopic (exact) mass is 317 g/mol. The molecule has 20 heavy (non-hydrogen) atoms. The SMILES string of the molecule is CCC(C)N(C)CCC(=O)Nc1c(Cl)cc(N)cc1Cl. The molecule has 1 atom stereocenters. The summed E-state index contributed by atoms with van der Waals surface area (Å²) in [6.07, 6.45) is 1.44. The van der Waals surface area contributed by atoms with E-state index in [9.17, 15) is 4.79 Å². The van der Waals surface area contributed by atoms with Gasteiger partial charge in [0, 0.05) is 24.7 Å². The van der Waals surface area contributed by atoms with Crippen LogP contribution in [0, 0.1) is 0 Å². The average molecular weight is 318 g/mol. The summed E-state index contributed by atoms with van der Waals surface area (Å²) in [5, 5.41) is 3.42. The Morgan fingerprint density at radius 1 is 1.40 bits per heavy atom. The van der Waals surface area contributed by atoms with Crippen LogP contribution in [-0.2, 0) is 4.79 Å². The van der Waals surface area contributed by atoms with E-state index >= 15 is 0 Å². The summed E-state index contributed by atoms with van der Waals surface area (Å²) in [6.45, 7) is 4.94. The molecule has 0 fully saturated rings. The minimum absolute atomic E-state index is 0.117. The number of carbonyl (C=O) groups excluding carboxylic acids is 1. The first-order chi connectivity index (χ1) is 9.35. The van der Waals surface area contributed by atoms with Crippen LogP contribution in [0.3, 0.4) is 0 Å². The second-order valence-corrected chi connectivity index (χ2v) is 5.71. The number of anilines is 2. The first kappa shape index (κ1) is 17.1. The van der Waals surface area contributed by atoms with Gasteiger partial charge in [-0.25, -0.2) is 0 Å². The fourth-order valence-electron chi connectivity index (χ4n) is 1.72. The van der Waals surface area contributed by atoms with Crippen LogP contribution in [0.2, 0.25) is 10.0 Å². The number of halogens is 2. The molecule has 1 amide bonds. The standard InChI is InChI=1S/C14H21Cl2N3O/c1-4-9(2)19(3)6-5-13(20)18-14-11(15)7-10(17)8-12(14)16/h7-9H,4-6,17H2,1-3H3,(H,18,20). The van der Waals surface area contributed by atoms with Crippen molar-refractivity contribution < 1.29 is 4.79 Å². The third-order valence-electron chi connectivity index (χ3n) is 3.36. The maximum absolute atomic E-state index is 11.9. The molecule has 0 bridgehead atoms. The van der Waals surface area contributed by atoms with Crippen LogP contribution >= 0.6 is 23.2 Å². The zero-order valence-electron chi connectivity index (χ0n) is 12.0. The number of carbonyl (C=O) groups is 1. The number of amides is 1. The predicted molar refractivity (Wildman–Crippen MR) is 86.5 cm³/mol. The van der Waals surface area contributed by atoms with Gasteiger partial charge in [0.15, 0.2) is 0 Å². The van der Waals surface area contributed by atoms with Gasteiger partial charge in [-0.1, -0.05) is 30.1 Å². The summed E-state index contributed by atoms with van der Waals surface area (Å²) in [6, 6.07) is 3.58. The maximum Gasteiger partial charge on any atom is 0.225 e. The van der Waals surface area contributed by atoms with Gasteiger partial charge in [-0.2, -0.15) is 0 Å². The van der Waals surface area contributed by atoms with Gasteiger partial charge in [-0.3, -0.25) is 4.79 Å². The number of nitrogens with one attached hydrogen (secondary N) is 1. The molecule has 1 rings (SSSR count). The quantitative estimate of drug-likeness (QED) is 0.787. The van der Waals surface area contributed by atoms with Crippen molar-refractivity contribution in [3.63, 3.8) is 0 Å². The molecule has 0 aliphatic heterocycles. The van der Waals surface area contributed by atoms with Gasteiger partial charge in [0.1, 0.15) is 0 Å². The second kappa shape index (κ2) is 7.72. The molecule has 0 aromatic heterocycles. The van der Waals surface area contributed by atoms with Gasteiger partial charge in [0.25, 0.3) is 0 Å². The lowest BCUT2D eigenvalue weighted by Gasteiger charge is -2.23. The van der Waals surface area contributed by atoms with E-state index in [4.69, 9.17) is 28.9 Å². The highest BCUT2D eigenvalue weighted by Crippen LogP contribution is 2.32. The molecular formula is C14H21Cl2N3O. The summed E-state index contributed by atoms with van der Waals surface area (Å²) in [5.41, 5.74) is 6.50. The molecule has 112 valence electrons. The van der Waals surface area contributed by atoms with E-state index in [0.717, 1.165) is 6.42 Å². The molecule has 4 nitrogen and oxygen atoms in total. The summed E-state index contributed by atoms with van der Waals surface area (Å²) in [5.74, 6) is -0.117. The van der Waals surface area contributed by atoms with Gasteiger partial charge in [0.05, 0.1) is 15.7 Å². The normalized spacial score (nSPS) is 12.5. The fraction of sp³-hybridized carbons (Fsp3) is 0.500. The van der Waals surface area contributed by atoms with Gasteiger partial charge in [-0.15, -0.1) is 0 Å². The number of nitrogen functional groups attached to an aromatic ring is 1. The van der Waals surface area contributed by atoms with E-state index in [1.807, 2.05) is 7.05 Å². The summed E-state index contributed by atoms with van der Waals surface area (Å²) >= 11 is 12.0. The van der Waals surface area contributed by atoms with Crippen molar-refractivity contribution in [2.75, 3.05) is 24.6 Å². The Kier molecular flexibility index (Phi) is 6.59. The second-order valence-electron chi connectivity index (χ2n) is 4.90. The minimum atomic E-state index is -0.117. The number of hydrogen-bond donors (Lipinski definition) is 2. The number of nitrogens with two attached hydrogens (primary N) is 1. The fourth-order valence-corrected chi connectivity index (χ4v) is 2.32. The van der Waals surface area contributed by atoms with Crippen LogP contribution < -0.4 is 11.1 Å². The van der Waals surface area contributed by atoms with E-state index in [1.165, 1.54) is 0 Å². The Balaban J connectivity index is 2.59. The van der Waals surface area contributed by atoms with Crippen LogP contribution in [0.4, 0.5) is 11.4 Å². The van der Waals surface area contributed by atoms with Crippen molar-refractivity contribution in [2.24, 2.45) is 0 Å². The smallest absolute Gasteiger partial charge is 0.225 e. The molecule has 0 aliphatic carbocycles. The van der Waals surface area contributed by atoms with Crippen LogP contribution in [0.5, 0.6) is 0 Å². The summed E-state index contributed by atoms with van der Waals surface area (Å²) in [4.78, 5) is 14.1. The van der Waals surface area contributed by atoms with Gasteiger partial charge < -0.3 is 16.0 Å². The topological polar surface area (TPSA) is 58.4 Å². The molecule has 0 spiro atoms. The third kappa shape index (κ3) is 4.85. The highest BCUT2D eigenvalue weighted by molar-refractivity contribution is 6.40. The zero-order chi connectivity index (χ0) is 15.3. The molecule has 0 aliphatic rings. The van der Waals surface area contributed by atoms with Crippen molar-refractivity contribution in [3.05, 3.63) is 22.2 Å². The predicted octanol–water partition coefficient (Wildman–Crippen LogP) is 3.63. The number of hydrogen-bond acceptors (Lipinski definition) is 3. The Morgan fingerprint density at radius 3 is 2.45 bits per heavy atom. The number of benzene rings is 1. The van der Waals surface area contributed by atoms with Gasteiger partial charge in [0.2, 0.25) is 5.91 Å². The highest BCUT2D eigenvalue weighted by atomic mass is 35.5. The molecule has 0 heterocycles. The lowest BCUT2D eigenvalue weighted by molar-refractivity contribution is -0.116. The third-order valence-corrected chi connectivity index (χ3v) is 3.96. The van der Waals surface area contributed by atoms with Gasteiger partial charge >= 0.3 is 0 Å². The van der Waals surface area contributed by atoms with Crippen LogP contribution in [0.15, 0.2) is 12.1 Å². The van der Waals surface area contributed by atoms with Crippen molar-refractivity contribution in [3.8, 4) is 0 Å². The molecule has 1 aromatic rings. The Morgan fingerprint density at radius 2 is 1.95 bits per heavy atom. The Hall–Kier alpha value is -0.970. The lowest BCUT2D eigenvalue weighted by Crippen LogP contribution is -2.31. The molecule has 1 aromatic carbocycles. The van der Waals surface area contributed by atoms with Crippen molar-refractivity contribution in [1.29, 1.82) is 0 Å². The molecule has 0 radical (unpaired) electrons. The summed E-state index contributed by atoms with van der Waals surface area (Å²) in [7, 11) is 2.00. The van der Waals surface area contributed by atoms with Crippen LogP contribution in [0.1, 0.15) is 26.7 Å². The Bertz CT molecular complexity index is 456. The van der Waals surface area contributed by atoms with E-state index in [2.05, 4.69) is 24.1 Å². The van der Waals surface area contributed by atoms with Crippen molar-refractivity contribution in [2.45, 2.75) is 32.7 Å². The first-order valence-electron chi connectivity index (χ1n) is 6.59. The Labute approximate surface area is 130 Å². The molecule has 6 heteroatoms. The van der Waals surface area contributed by atoms with E-state index in [-0.39, 0.29) is 5.91 Å². The molecular weight excluding hydrogens is 297 g/mol. The summed E-state index contributed by atoms with van der Waals surface area (Å²) < 4.78 is 0. The molecule has 0 saturated heterocycles. The molecule has 1 unspecified atom stereocenters. The van der Waals surface area contributed by atoms with E-state index < -0.39 is 0 Å². The average Bonchev–Trinajstić information content (AvgIpc) is 2.39. The minimum Gasteiger partial charge on any atom is -0.399 e. The number of rotatable bonds is 6. The largest absolute Gasteiger partial charge is 0.399 e. The van der Waals surface area contributed by atoms with E-state index in [0.29, 0.717) is 40.4 Å². The van der Waals surface area contributed by atoms with Crippen molar-refractivity contribution in [1.82, 2.24) is 4.90 Å². The lowest BCUT2D eigenvalue weighted by atomic mass is 10.2. The van der Waals surface area contributed by atoms with Gasteiger partial charge in [-0.05, 0) is 32.5 Å². The molecule has 3 N–H and O–H groups in total. The highest BCUT2D eigenvalue weighted by Gasteiger charge is 2.13.